The van der Waals surface area contributed by atoms with Crippen LogP contribution in [-0.4, -0.2) is 35.0 Å². The van der Waals surface area contributed by atoms with Crippen LogP contribution in [0.25, 0.3) is 11.3 Å². The maximum Gasteiger partial charge on any atom is 0.323 e. The Labute approximate surface area is 167 Å². The van der Waals surface area contributed by atoms with Crippen molar-refractivity contribution in [2.45, 2.75) is 12.5 Å². The molecule has 1 atom stereocenters. The summed E-state index contributed by atoms with van der Waals surface area (Å²) in [5.41, 5.74) is 2.84. The number of ether oxygens (including phenoxy) is 1. The van der Waals surface area contributed by atoms with E-state index in [1.165, 1.54) is 24.3 Å². The fourth-order valence-electron chi connectivity index (χ4n) is 3.28. The van der Waals surface area contributed by atoms with Crippen LogP contribution in [0.1, 0.15) is 6.42 Å². The molecule has 2 heterocycles. The van der Waals surface area contributed by atoms with Gasteiger partial charge in [0.15, 0.2) is 0 Å². The minimum atomic E-state index is -0.416. The molecular formula is C21H22FN5O2. The molecule has 2 aromatic carbocycles. The van der Waals surface area contributed by atoms with E-state index in [4.69, 9.17) is 4.74 Å². The number of anilines is 2. The topological polar surface area (TPSA) is 80.2 Å². The number of aromatic nitrogens is 2. The number of carbonyl (C=O) groups excluding carboxylic acids is 1. The number of carbonyl (C=O) groups is 1. The van der Waals surface area contributed by atoms with Gasteiger partial charge in [0, 0.05) is 36.7 Å². The largest absolute Gasteiger partial charge is 0.488 e. The van der Waals surface area contributed by atoms with Crippen LogP contribution in [0.5, 0.6) is 5.75 Å². The molecule has 4 rings (SSSR count). The Morgan fingerprint density at radius 2 is 1.93 bits per heavy atom. The van der Waals surface area contributed by atoms with Gasteiger partial charge < -0.3 is 20.7 Å². The quantitative estimate of drug-likeness (QED) is 0.617. The smallest absolute Gasteiger partial charge is 0.323 e. The Bertz CT molecular complexity index is 997. The summed E-state index contributed by atoms with van der Waals surface area (Å²) >= 11 is 0. The SMILES string of the molecule is Cn1nccc1-c1cc(NC(=O)Nc2ccc(F)cc2)ccc1O[C@@H]1CCNC1. The standard InChI is InChI=1S/C21H22FN5O2/c1-27-19(9-11-24-27)18-12-16(6-7-20(18)29-17-8-10-23-13-17)26-21(28)25-15-4-2-14(22)3-5-15/h2-7,9,11-12,17,23H,8,10,13H2,1H3,(H2,25,26,28)/t17-/m1/s1. The highest BCUT2D eigenvalue weighted by Crippen LogP contribution is 2.33. The van der Waals surface area contributed by atoms with Crippen molar-refractivity contribution in [1.82, 2.24) is 15.1 Å². The van der Waals surface area contributed by atoms with Crippen LogP contribution in [0.15, 0.2) is 54.7 Å². The predicted molar refractivity (Wildman–Crippen MR) is 110 cm³/mol. The molecule has 0 radical (unpaired) electrons. The third kappa shape index (κ3) is 4.55. The number of nitrogens with one attached hydrogen (secondary N) is 3. The normalized spacial score (nSPS) is 15.9. The monoisotopic (exact) mass is 395 g/mol. The first-order valence-electron chi connectivity index (χ1n) is 9.42. The van der Waals surface area contributed by atoms with E-state index < -0.39 is 6.03 Å². The number of benzene rings is 2. The molecule has 1 aromatic heterocycles. The first kappa shape index (κ1) is 18.9. The highest BCUT2D eigenvalue weighted by molar-refractivity contribution is 6.00. The van der Waals surface area contributed by atoms with Crippen LogP contribution in [-0.2, 0) is 7.05 Å². The molecule has 0 spiro atoms. The number of amides is 2. The zero-order valence-corrected chi connectivity index (χ0v) is 16.0. The van der Waals surface area contributed by atoms with E-state index in [9.17, 15) is 9.18 Å². The first-order valence-corrected chi connectivity index (χ1v) is 9.42. The molecule has 3 N–H and O–H groups in total. The van der Waals surface area contributed by atoms with Crippen molar-refractivity contribution in [3.63, 3.8) is 0 Å². The van der Waals surface area contributed by atoms with Crippen LogP contribution >= 0.6 is 0 Å². The van der Waals surface area contributed by atoms with E-state index in [2.05, 4.69) is 21.0 Å². The number of nitrogens with zero attached hydrogens (tertiary/aromatic N) is 2. The van der Waals surface area contributed by atoms with Crippen molar-refractivity contribution in [2.24, 2.45) is 7.05 Å². The van der Waals surface area contributed by atoms with Gasteiger partial charge in [0.1, 0.15) is 17.7 Å². The number of hydrogen-bond acceptors (Lipinski definition) is 4. The number of urea groups is 1. The van der Waals surface area contributed by atoms with Crippen molar-refractivity contribution in [3.05, 3.63) is 60.5 Å². The molecule has 3 aromatic rings. The van der Waals surface area contributed by atoms with Crippen molar-refractivity contribution >= 4 is 17.4 Å². The van der Waals surface area contributed by atoms with Crippen molar-refractivity contribution in [1.29, 1.82) is 0 Å². The summed E-state index contributed by atoms with van der Waals surface area (Å²) in [5, 5.41) is 13.0. The van der Waals surface area contributed by atoms with Crippen LogP contribution < -0.4 is 20.7 Å². The lowest BCUT2D eigenvalue weighted by Gasteiger charge is -2.18. The van der Waals surface area contributed by atoms with Gasteiger partial charge in [0.05, 0.1) is 5.69 Å². The van der Waals surface area contributed by atoms with E-state index in [1.807, 2.05) is 25.2 Å². The van der Waals surface area contributed by atoms with Gasteiger partial charge in [-0.3, -0.25) is 4.68 Å². The zero-order valence-electron chi connectivity index (χ0n) is 16.0. The second kappa shape index (κ2) is 8.32. The third-order valence-corrected chi connectivity index (χ3v) is 4.75. The first-order chi connectivity index (χ1) is 14.1. The van der Waals surface area contributed by atoms with Gasteiger partial charge in [0.25, 0.3) is 0 Å². The van der Waals surface area contributed by atoms with Crippen LogP contribution in [0.4, 0.5) is 20.6 Å². The molecule has 8 heteroatoms. The Morgan fingerprint density at radius 3 is 2.62 bits per heavy atom. The molecule has 29 heavy (non-hydrogen) atoms. The molecule has 0 aliphatic carbocycles. The fraction of sp³-hybridized carbons (Fsp3) is 0.238. The Kier molecular flexibility index (Phi) is 5.44. The number of halogens is 1. The van der Waals surface area contributed by atoms with E-state index in [-0.39, 0.29) is 11.9 Å². The maximum atomic E-state index is 13.0. The molecule has 1 fully saturated rings. The van der Waals surface area contributed by atoms with Crippen LogP contribution in [0.2, 0.25) is 0 Å². The summed E-state index contributed by atoms with van der Waals surface area (Å²) in [4.78, 5) is 12.3. The van der Waals surface area contributed by atoms with Gasteiger partial charge in [0.2, 0.25) is 0 Å². The van der Waals surface area contributed by atoms with Crippen molar-refractivity contribution in [3.8, 4) is 17.0 Å². The van der Waals surface area contributed by atoms with Crippen LogP contribution in [0, 0.1) is 5.82 Å². The molecular weight excluding hydrogens is 373 g/mol. The Hall–Kier alpha value is -3.39. The Balaban J connectivity index is 1.55. The van der Waals surface area contributed by atoms with E-state index in [0.717, 1.165) is 36.5 Å². The summed E-state index contributed by atoms with van der Waals surface area (Å²) in [5.74, 6) is 0.386. The molecule has 2 amide bonds. The van der Waals surface area contributed by atoms with Gasteiger partial charge >= 0.3 is 6.03 Å². The van der Waals surface area contributed by atoms with Gasteiger partial charge in [-0.15, -0.1) is 0 Å². The zero-order chi connectivity index (χ0) is 20.2. The molecule has 150 valence electrons. The van der Waals surface area contributed by atoms with E-state index in [1.54, 1.807) is 16.9 Å². The summed E-state index contributed by atoms with van der Waals surface area (Å²) in [6, 6.07) is 12.6. The van der Waals surface area contributed by atoms with Gasteiger partial charge in [-0.2, -0.15) is 5.10 Å². The minimum Gasteiger partial charge on any atom is -0.488 e. The van der Waals surface area contributed by atoms with Crippen molar-refractivity contribution in [2.75, 3.05) is 23.7 Å². The molecule has 1 aliphatic rings. The summed E-state index contributed by atoms with van der Waals surface area (Å²) < 4.78 is 21.0. The number of aryl methyl sites for hydroxylation is 1. The second-order valence-corrected chi connectivity index (χ2v) is 6.87. The van der Waals surface area contributed by atoms with Crippen LogP contribution in [0.3, 0.4) is 0 Å². The maximum absolute atomic E-state index is 13.0. The lowest BCUT2D eigenvalue weighted by atomic mass is 10.1. The highest BCUT2D eigenvalue weighted by Gasteiger charge is 2.19. The highest BCUT2D eigenvalue weighted by atomic mass is 19.1. The van der Waals surface area contributed by atoms with Gasteiger partial charge in [-0.1, -0.05) is 0 Å². The average Bonchev–Trinajstić information content (AvgIpc) is 3.36. The lowest BCUT2D eigenvalue weighted by Crippen LogP contribution is -2.21. The minimum absolute atomic E-state index is 0.113. The molecule has 0 unspecified atom stereocenters. The molecule has 0 saturated carbocycles. The van der Waals surface area contributed by atoms with Gasteiger partial charge in [-0.05, 0) is 61.5 Å². The van der Waals surface area contributed by atoms with E-state index >= 15 is 0 Å². The molecule has 0 bridgehead atoms. The van der Waals surface area contributed by atoms with Gasteiger partial charge in [-0.25, -0.2) is 9.18 Å². The number of hydrogen-bond donors (Lipinski definition) is 3. The molecule has 1 saturated heterocycles. The molecule has 7 nitrogen and oxygen atoms in total. The fourth-order valence-corrected chi connectivity index (χ4v) is 3.28. The second-order valence-electron chi connectivity index (χ2n) is 6.87. The average molecular weight is 395 g/mol. The lowest BCUT2D eigenvalue weighted by molar-refractivity contribution is 0.224. The third-order valence-electron chi connectivity index (χ3n) is 4.75. The number of rotatable bonds is 5. The summed E-state index contributed by atoms with van der Waals surface area (Å²) in [6.45, 7) is 1.75. The van der Waals surface area contributed by atoms with Crippen molar-refractivity contribution < 1.29 is 13.9 Å². The summed E-state index contributed by atoms with van der Waals surface area (Å²) in [6.07, 6.45) is 2.78. The molecule has 1 aliphatic heterocycles. The predicted octanol–water partition coefficient (Wildman–Crippen LogP) is 3.61. The summed E-state index contributed by atoms with van der Waals surface area (Å²) in [7, 11) is 1.86. The van der Waals surface area contributed by atoms with E-state index in [0.29, 0.717) is 11.4 Å². The Morgan fingerprint density at radius 1 is 1.17 bits per heavy atom.